The molecule has 0 aromatic heterocycles. The predicted octanol–water partition coefficient (Wildman–Crippen LogP) is 4.03. The van der Waals surface area contributed by atoms with Crippen LogP contribution in [0.3, 0.4) is 0 Å². The Hall–Kier alpha value is -1.49. The van der Waals surface area contributed by atoms with Gasteiger partial charge < -0.3 is 5.11 Å². The molecule has 0 aliphatic rings. The van der Waals surface area contributed by atoms with Crippen molar-refractivity contribution in [2.75, 3.05) is 13.6 Å². The molecule has 0 atom stereocenters. The van der Waals surface area contributed by atoms with E-state index in [4.69, 9.17) is 16.7 Å². The maximum Gasteiger partial charge on any atom is 0.318 e. The van der Waals surface area contributed by atoms with E-state index in [9.17, 15) is 4.79 Å². The van der Waals surface area contributed by atoms with Gasteiger partial charge in [0.05, 0.1) is 0 Å². The van der Waals surface area contributed by atoms with Gasteiger partial charge in [0.1, 0.15) is 6.54 Å². The summed E-state index contributed by atoms with van der Waals surface area (Å²) in [6, 6.07) is 15.7. The standard InChI is InChI=1S/C15H14ClNO2S/c1-17(10-15(18)19)20-14-8-4-12(5-9-14)11-2-6-13(16)7-3-11/h2-9H,10H2,1H3,(H,18,19). The van der Waals surface area contributed by atoms with E-state index in [1.54, 1.807) is 11.4 Å². The summed E-state index contributed by atoms with van der Waals surface area (Å²) in [6.07, 6.45) is 0. The number of carboxylic acids is 1. The van der Waals surface area contributed by atoms with Crippen molar-refractivity contribution in [3.05, 3.63) is 53.6 Å². The monoisotopic (exact) mass is 307 g/mol. The number of aliphatic carboxylic acids is 1. The second-order valence-electron chi connectivity index (χ2n) is 4.30. The lowest BCUT2D eigenvalue weighted by Gasteiger charge is -2.12. The molecule has 104 valence electrons. The van der Waals surface area contributed by atoms with E-state index in [0.717, 1.165) is 21.0 Å². The highest BCUT2D eigenvalue weighted by Gasteiger charge is 2.06. The van der Waals surface area contributed by atoms with Gasteiger partial charge in [0.25, 0.3) is 0 Å². The summed E-state index contributed by atoms with van der Waals surface area (Å²) in [6.45, 7) is 0.00357. The van der Waals surface area contributed by atoms with Crippen molar-refractivity contribution >= 4 is 29.5 Å². The van der Waals surface area contributed by atoms with E-state index >= 15 is 0 Å². The van der Waals surface area contributed by atoms with Crippen molar-refractivity contribution in [3.63, 3.8) is 0 Å². The molecule has 0 aliphatic carbocycles. The largest absolute Gasteiger partial charge is 0.480 e. The van der Waals surface area contributed by atoms with E-state index in [1.807, 2.05) is 48.5 Å². The third-order valence-electron chi connectivity index (χ3n) is 2.65. The minimum Gasteiger partial charge on any atom is -0.480 e. The molecule has 0 bridgehead atoms. The van der Waals surface area contributed by atoms with Crippen molar-refractivity contribution in [1.29, 1.82) is 0 Å². The van der Waals surface area contributed by atoms with Gasteiger partial charge in [0.2, 0.25) is 0 Å². The number of carboxylic acid groups (broad SMARTS) is 1. The summed E-state index contributed by atoms with van der Waals surface area (Å²) in [4.78, 5) is 11.6. The van der Waals surface area contributed by atoms with Crippen LogP contribution in [0, 0.1) is 0 Å². The second-order valence-corrected chi connectivity index (χ2v) is 6.02. The summed E-state index contributed by atoms with van der Waals surface area (Å²) in [5.41, 5.74) is 2.21. The van der Waals surface area contributed by atoms with Gasteiger partial charge in [-0.05, 0) is 54.4 Å². The van der Waals surface area contributed by atoms with Gasteiger partial charge in [-0.2, -0.15) is 0 Å². The van der Waals surface area contributed by atoms with Gasteiger partial charge in [0.15, 0.2) is 0 Å². The number of hydrogen-bond acceptors (Lipinski definition) is 3. The number of nitrogens with zero attached hydrogens (tertiary/aromatic N) is 1. The Morgan fingerprint density at radius 1 is 1.10 bits per heavy atom. The van der Waals surface area contributed by atoms with Gasteiger partial charge in [0, 0.05) is 9.92 Å². The topological polar surface area (TPSA) is 40.5 Å². The van der Waals surface area contributed by atoms with Crippen LogP contribution in [0.25, 0.3) is 11.1 Å². The first-order valence-electron chi connectivity index (χ1n) is 6.01. The molecule has 2 aromatic rings. The quantitative estimate of drug-likeness (QED) is 0.847. The normalized spacial score (nSPS) is 10.8. The molecule has 0 heterocycles. The van der Waals surface area contributed by atoms with Crippen molar-refractivity contribution in [2.45, 2.75) is 4.90 Å². The molecule has 3 nitrogen and oxygen atoms in total. The van der Waals surface area contributed by atoms with Crippen LogP contribution in [0.1, 0.15) is 0 Å². The van der Waals surface area contributed by atoms with Crippen LogP contribution in [0.2, 0.25) is 5.02 Å². The van der Waals surface area contributed by atoms with Gasteiger partial charge >= 0.3 is 5.97 Å². The third-order valence-corrected chi connectivity index (χ3v) is 3.83. The maximum atomic E-state index is 10.6. The Bertz CT molecular complexity index is 584. The second kappa shape index (κ2) is 6.79. The average Bonchev–Trinajstić information content (AvgIpc) is 2.39. The number of carbonyl (C=O) groups is 1. The van der Waals surface area contributed by atoms with E-state index in [0.29, 0.717) is 0 Å². The average molecular weight is 308 g/mol. The highest BCUT2D eigenvalue weighted by Crippen LogP contribution is 2.26. The van der Waals surface area contributed by atoms with Crippen LogP contribution in [0.4, 0.5) is 0 Å². The SMILES string of the molecule is CN(CC(=O)O)Sc1ccc(-c2ccc(Cl)cc2)cc1. The Kier molecular flexibility index (Phi) is 5.06. The van der Waals surface area contributed by atoms with Crippen LogP contribution in [-0.4, -0.2) is 29.0 Å². The summed E-state index contributed by atoms with van der Waals surface area (Å²) in [5.74, 6) is -0.835. The molecular formula is C15H14ClNO2S. The Morgan fingerprint density at radius 3 is 2.10 bits per heavy atom. The molecule has 20 heavy (non-hydrogen) atoms. The van der Waals surface area contributed by atoms with E-state index in [-0.39, 0.29) is 6.54 Å². The summed E-state index contributed by atoms with van der Waals surface area (Å²) in [5, 5.41) is 9.43. The summed E-state index contributed by atoms with van der Waals surface area (Å²) < 4.78 is 1.68. The number of halogens is 1. The predicted molar refractivity (Wildman–Crippen MR) is 83.0 cm³/mol. The van der Waals surface area contributed by atoms with E-state index in [2.05, 4.69) is 0 Å². The molecule has 0 saturated heterocycles. The lowest BCUT2D eigenvalue weighted by Crippen LogP contribution is -2.18. The smallest absolute Gasteiger partial charge is 0.318 e. The fourth-order valence-corrected chi connectivity index (χ4v) is 2.67. The highest BCUT2D eigenvalue weighted by atomic mass is 35.5. The molecule has 2 aromatic carbocycles. The van der Waals surface area contributed by atoms with E-state index in [1.165, 1.54) is 11.9 Å². The fourth-order valence-electron chi connectivity index (χ4n) is 1.75. The first-order valence-corrected chi connectivity index (χ1v) is 7.16. The Labute approximate surface area is 127 Å². The summed E-state index contributed by atoms with van der Waals surface area (Å²) in [7, 11) is 1.76. The Morgan fingerprint density at radius 2 is 1.60 bits per heavy atom. The van der Waals surface area contributed by atoms with Gasteiger partial charge in [-0.1, -0.05) is 35.9 Å². The molecule has 0 fully saturated rings. The van der Waals surface area contributed by atoms with Crippen molar-refractivity contribution < 1.29 is 9.90 Å². The van der Waals surface area contributed by atoms with Crippen LogP contribution >= 0.6 is 23.5 Å². The fraction of sp³-hybridized carbons (Fsp3) is 0.133. The molecule has 5 heteroatoms. The van der Waals surface area contributed by atoms with Crippen molar-refractivity contribution in [2.24, 2.45) is 0 Å². The minimum absolute atomic E-state index is 0.00357. The Balaban J connectivity index is 2.06. The zero-order chi connectivity index (χ0) is 14.5. The van der Waals surface area contributed by atoms with Crippen LogP contribution < -0.4 is 0 Å². The number of benzene rings is 2. The van der Waals surface area contributed by atoms with E-state index < -0.39 is 5.97 Å². The first-order chi connectivity index (χ1) is 9.54. The zero-order valence-corrected chi connectivity index (χ0v) is 12.5. The van der Waals surface area contributed by atoms with Gasteiger partial charge in [-0.15, -0.1) is 0 Å². The lowest BCUT2D eigenvalue weighted by molar-refractivity contribution is -0.136. The lowest BCUT2D eigenvalue weighted by atomic mass is 10.1. The van der Waals surface area contributed by atoms with Gasteiger partial charge in [-0.3, -0.25) is 4.79 Å². The maximum absolute atomic E-state index is 10.6. The molecule has 2 rings (SSSR count). The van der Waals surface area contributed by atoms with Crippen LogP contribution in [-0.2, 0) is 4.79 Å². The molecule has 0 aliphatic heterocycles. The zero-order valence-electron chi connectivity index (χ0n) is 10.9. The van der Waals surface area contributed by atoms with Crippen molar-refractivity contribution in [1.82, 2.24) is 4.31 Å². The molecule has 1 N–H and O–H groups in total. The van der Waals surface area contributed by atoms with Crippen LogP contribution in [0.5, 0.6) is 0 Å². The van der Waals surface area contributed by atoms with Gasteiger partial charge in [-0.25, -0.2) is 4.31 Å². The van der Waals surface area contributed by atoms with Crippen LogP contribution in [0.15, 0.2) is 53.4 Å². The number of rotatable bonds is 5. The molecule has 0 amide bonds. The molecule has 0 radical (unpaired) electrons. The molecule has 0 spiro atoms. The highest BCUT2D eigenvalue weighted by molar-refractivity contribution is 7.97. The first kappa shape index (κ1) is 14.9. The molecule has 0 saturated carbocycles. The minimum atomic E-state index is -0.835. The number of likely N-dealkylation sites (N-methyl/N-ethyl adjacent to an activating group) is 1. The summed E-state index contributed by atoms with van der Waals surface area (Å²) >= 11 is 7.28. The molecule has 0 unspecified atom stereocenters. The van der Waals surface area contributed by atoms with Crippen molar-refractivity contribution in [3.8, 4) is 11.1 Å². The number of hydrogen-bond donors (Lipinski definition) is 1. The molecular weight excluding hydrogens is 294 g/mol. The third kappa shape index (κ3) is 4.27.